The van der Waals surface area contributed by atoms with Gasteiger partial charge in [-0.3, -0.25) is 0 Å². The van der Waals surface area contributed by atoms with Gasteiger partial charge in [-0.05, 0) is 24.3 Å². The van der Waals surface area contributed by atoms with Gasteiger partial charge in [0.15, 0.2) is 16.6 Å². The molecular formula is C16H14N2O2S. The fourth-order valence-electron chi connectivity index (χ4n) is 2.31. The lowest BCUT2D eigenvalue weighted by atomic mass is 10.2. The molecule has 21 heavy (non-hydrogen) atoms. The van der Waals surface area contributed by atoms with E-state index in [0.717, 1.165) is 22.1 Å². The quantitative estimate of drug-likeness (QED) is 0.803. The molecule has 0 amide bonds. The van der Waals surface area contributed by atoms with E-state index in [9.17, 15) is 0 Å². The lowest BCUT2D eigenvalue weighted by Gasteiger charge is -2.26. The van der Waals surface area contributed by atoms with Crippen LogP contribution in [0.3, 0.4) is 0 Å². The molecule has 0 radical (unpaired) electrons. The minimum absolute atomic E-state index is 0.00749. The predicted octanol–water partition coefficient (Wildman–Crippen LogP) is 3.55. The summed E-state index contributed by atoms with van der Waals surface area (Å²) in [6.07, 6.45) is -0.00749. The molecule has 0 saturated heterocycles. The molecule has 106 valence electrons. The highest BCUT2D eigenvalue weighted by Crippen LogP contribution is 2.31. The fraction of sp³-hybridized carbons (Fsp3) is 0.188. The van der Waals surface area contributed by atoms with E-state index in [1.807, 2.05) is 42.5 Å². The van der Waals surface area contributed by atoms with Crippen molar-refractivity contribution < 1.29 is 9.47 Å². The number of fused-ring (bicyclic) bond motifs is 2. The zero-order chi connectivity index (χ0) is 14.1. The Bertz CT molecular complexity index is 739. The van der Waals surface area contributed by atoms with Crippen molar-refractivity contribution in [1.29, 1.82) is 0 Å². The van der Waals surface area contributed by atoms with Gasteiger partial charge in [-0.25, -0.2) is 4.98 Å². The molecule has 0 saturated carbocycles. The second kappa shape index (κ2) is 5.26. The summed E-state index contributed by atoms with van der Waals surface area (Å²) in [6, 6.07) is 15.9. The molecule has 2 heterocycles. The number of rotatable bonds is 3. The maximum atomic E-state index is 5.92. The summed E-state index contributed by atoms with van der Waals surface area (Å²) >= 11 is 1.65. The number of ether oxygens (including phenoxy) is 2. The number of hydrogen-bond donors (Lipinski definition) is 1. The molecule has 2 aromatic carbocycles. The molecule has 4 nitrogen and oxygen atoms in total. The Labute approximate surface area is 126 Å². The third-order valence-electron chi connectivity index (χ3n) is 3.34. The SMILES string of the molecule is c1ccc2c(c1)OC[C@H](CNc1nc3ccccc3s1)O2. The van der Waals surface area contributed by atoms with Crippen LogP contribution in [0.1, 0.15) is 0 Å². The van der Waals surface area contributed by atoms with Crippen LogP contribution in [0.4, 0.5) is 5.13 Å². The molecule has 1 aliphatic heterocycles. The van der Waals surface area contributed by atoms with Crippen LogP contribution in [0.25, 0.3) is 10.2 Å². The number of nitrogens with zero attached hydrogens (tertiary/aromatic N) is 1. The van der Waals surface area contributed by atoms with E-state index in [1.165, 1.54) is 4.70 Å². The zero-order valence-electron chi connectivity index (χ0n) is 11.3. The van der Waals surface area contributed by atoms with Crippen LogP contribution in [0.15, 0.2) is 48.5 Å². The van der Waals surface area contributed by atoms with Crippen molar-refractivity contribution in [2.45, 2.75) is 6.10 Å². The summed E-state index contributed by atoms with van der Waals surface area (Å²) in [4.78, 5) is 4.55. The van der Waals surface area contributed by atoms with Crippen molar-refractivity contribution in [1.82, 2.24) is 4.98 Å². The van der Waals surface area contributed by atoms with Crippen molar-refractivity contribution in [2.75, 3.05) is 18.5 Å². The molecule has 0 fully saturated rings. The van der Waals surface area contributed by atoms with Crippen molar-refractivity contribution >= 4 is 26.7 Å². The van der Waals surface area contributed by atoms with Crippen LogP contribution < -0.4 is 14.8 Å². The second-order valence-electron chi connectivity index (χ2n) is 4.87. The highest BCUT2D eigenvalue weighted by atomic mass is 32.1. The molecule has 1 N–H and O–H groups in total. The summed E-state index contributed by atoms with van der Waals surface area (Å²) in [5.41, 5.74) is 1.02. The maximum Gasteiger partial charge on any atom is 0.183 e. The molecule has 0 unspecified atom stereocenters. The third kappa shape index (κ3) is 2.52. The van der Waals surface area contributed by atoms with E-state index in [0.29, 0.717) is 13.2 Å². The fourth-order valence-corrected chi connectivity index (χ4v) is 3.19. The summed E-state index contributed by atoms with van der Waals surface area (Å²) in [5, 5.41) is 4.25. The molecule has 0 aliphatic carbocycles. The van der Waals surface area contributed by atoms with E-state index in [1.54, 1.807) is 11.3 Å². The van der Waals surface area contributed by atoms with Gasteiger partial charge in [-0.2, -0.15) is 0 Å². The zero-order valence-corrected chi connectivity index (χ0v) is 12.1. The van der Waals surface area contributed by atoms with E-state index in [2.05, 4.69) is 16.4 Å². The minimum Gasteiger partial charge on any atom is -0.486 e. The molecule has 5 heteroatoms. The molecule has 0 spiro atoms. The summed E-state index contributed by atoms with van der Waals surface area (Å²) in [5.74, 6) is 1.62. The topological polar surface area (TPSA) is 43.4 Å². The Kier molecular flexibility index (Phi) is 3.12. The van der Waals surface area contributed by atoms with Crippen LogP contribution in [0.2, 0.25) is 0 Å². The first-order chi connectivity index (χ1) is 10.4. The van der Waals surface area contributed by atoms with Gasteiger partial charge in [0.2, 0.25) is 0 Å². The number of para-hydroxylation sites is 3. The first-order valence-corrected chi connectivity index (χ1v) is 7.68. The highest BCUT2D eigenvalue weighted by Gasteiger charge is 2.20. The monoisotopic (exact) mass is 298 g/mol. The molecule has 0 bridgehead atoms. The van der Waals surface area contributed by atoms with Gasteiger partial charge in [-0.15, -0.1) is 0 Å². The highest BCUT2D eigenvalue weighted by molar-refractivity contribution is 7.22. The molecule has 1 atom stereocenters. The molecule has 4 rings (SSSR count). The Morgan fingerprint density at radius 2 is 1.90 bits per heavy atom. The molecule has 1 aliphatic rings. The van der Waals surface area contributed by atoms with Gasteiger partial charge in [0.1, 0.15) is 12.7 Å². The summed E-state index contributed by atoms with van der Waals surface area (Å²) < 4.78 is 12.8. The van der Waals surface area contributed by atoms with Gasteiger partial charge in [0.25, 0.3) is 0 Å². The Morgan fingerprint density at radius 3 is 2.81 bits per heavy atom. The average molecular weight is 298 g/mol. The van der Waals surface area contributed by atoms with Crippen LogP contribution in [-0.4, -0.2) is 24.2 Å². The van der Waals surface area contributed by atoms with E-state index in [-0.39, 0.29) is 6.10 Å². The molecule has 3 aromatic rings. The standard InChI is InChI=1S/C16H14N2O2S/c1-4-8-15-12(5-1)18-16(21-15)17-9-11-10-19-13-6-2-3-7-14(13)20-11/h1-8,11H,9-10H2,(H,17,18)/t11-/m0/s1. The number of anilines is 1. The Morgan fingerprint density at radius 1 is 1.10 bits per heavy atom. The lowest BCUT2D eigenvalue weighted by molar-refractivity contribution is 0.0997. The van der Waals surface area contributed by atoms with Crippen LogP contribution >= 0.6 is 11.3 Å². The van der Waals surface area contributed by atoms with Crippen molar-refractivity contribution in [3.8, 4) is 11.5 Å². The number of nitrogens with one attached hydrogen (secondary N) is 1. The van der Waals surface area contributed by atoms with E-state index >= 15 is 0 Å². The largest absolute Gasteiger partial charge is 0.486 e. The maximum absolute atomic E-state index is 5.92. The second-order valence-corrected chi connectivity index (χ2v) is 5.90. The molecular weight excluding hydrogens is 284 g/mol. The van der Waals surface area contributed by atoms with Gasteiger partial charge in [0.05, 0.1) is 16.8 Å². The summed E-state index contributed by atoms with van der Waals surface area (Å²) in [7, 11) is 0. The Hall–Kier alpha value is -2.27. The van der Waals surface area contributed by atoms with E-state index < -0.39 is 0 Å². The minimum atomic E-state index is -0.00749. The Balaban J connectivity index is 1.43. The first-order valence-electron chi connectivity index (χ1n) is 6.86. The van der Waals surface area contributed by atoms with Gasteiger partial charge in [0, 0.05) is 0 Å². The number of thiazole rings is 1. The van der Waals surface area contributed by atoms with Gasteiger partial charge < -0.3 is 14.8 Å². The summed E-state index contributed by atoms with van der Waals surface area (Å²) in [6.45, 7) is 1.23. The van der Waals surface area contributed by atoms with Crippen LogP contribution in [0, 0.1) is 0 Å². The smallest absolute Gasteiger partial charge is 0.183 e. The number of hydrogen-bond acceptors (Lipinski definition) is 5. The number of benzene rings is 2. The third-order valence-corrected chi connectivity index (χ3v) is 4.34. The molecule has 1 aromatic heterocycles. The number of aromatic nitrogens is 1. The predicted molar refractivity (Wildman–Crippen MR) is 84.5 cm³/mol. The van der Waals surface area contributed by atoms with E-state index in [4.69, 9.17) is 9.47 Å². The normalized spacial score (nSPS) is 16.9. The average Bonchev–Trinajstić information content (AvgIpc) is 2.95. The van der Waals surface area contributed by atoms with Crippen molar-refractivity contribution in [3.63, 3.8) is 0 Å². The van der Waals surface area contributed by atoms with Crippen molar-refractivity contribution in [3.05, 3.63) is 48.5 Å². The first kappa shape index (κ1) is 12.5. The van der Waals surface area contributed by atoms with Gasteiger partial charge in [-0.1, -0.05) is 35.6 Å². The van der Waals surface area contributed by atoms with Crippen LogP contribution in [-0.2, 0) is 0 Å². The van der Waals surface area contributed by atoms with Gasteiger partial charge >= 0.3 is 0 Å². The van der Waals surface area contributed by atoms with Crippen molar-refractivity contribution in [2.24, 2.45) is 0 Å². The lowest BCUT2D eigenvalue weighted by Crippen LogP contribution is -2.35. The van der Waals surface area contributed by atoms with Crippen LogP contribution in [0.5, 0.6) is 11.5 Å².